The zero-order valence-electron chi connectivity index (χ0n) is 19.7. The molecule has 10 heteroatoms. The fourth-order valence-corrected chi connectivity index (χ4v) is 4.13. The Hall–Kier alpha value is -2.76. The number of ketones is 2. The molecule has 2 aliphatic rings. The van der Waals surface area contributed by atoms with E-state index in [1.807, 2.05) is 0 Å². The van der Waals surface area contributed by atoms with E-state index >= 15 is 0 Å². The summed E-state index contributed by atoms with van der Waals surface area (Å²) in [6.45, 7) is 4.04. The second kappa shape index (κ2) is 12.6. The van der Waals surface area contributed by atoms with Crippen LogP contribution in [0.5, 0.6) is 0 Å². The number of aliphatic hydroxyl groups excluding tert-OH is 2. The maximum Gasteiger partial charge on any atom is 0.200 e. The Labute approximate surface area is 199 Å². The van der Waals surface area contributed by atoms with Gasteiger partial charge >= 0.3 is 0 Å². The zero-order chi connectivity index (χ0) is 24.5. The number of hydrogen-bond acceptors (Lipinski definition) is 10. The smallest absolute Gasteiger partial charge is 0.200 e. The van der Waals surface area contributed by atoms with Crippen molar-refractivity contribution in [3.63, 3.8) is 0 Å². The number of ether oxygens (including phenoxy) is 2. The van der Waals surface area contributed by atoms with Gasteiger partial charge in [0.2, 0.25) is 0 Å². The number of nitrogens with one attached hydrogen (secondary N) is 4. The topological polar surface area (TPSA) is 141 Å². The molecule has 0 heterocycles. The van der Waals surface area contributed by atoms with Gasteiger partial charge in [-0.25, -0.2) is 0 Å². The van der Waals surface area contributed by atoms with Crippen LogP contribution < -0.4 is 21.3 Å². The van der Waals surface area contributed by atoms with E-state index in [-0.39, 0.29) is 46.9 Å². The van der Waals surface area contributed by atoms with E-state index in [0.717, 1.165) is 0 Å². The fraction of sp³-hybridized carbons (Fsp3) is 0.500. The van der Waals surface area contributed by atoms with Crippen LogP contribution in [0, 0.1) is 0 Å². The first-order chi connectivity index (χ1) is 16.5. The standard InChI is InChI=1S/C24H34N4O6/c1-33-14-12-26-8-10-28-16-4-3-15(27-9-7-25-11-13-29)19-20(16)24(32)22-18(34-2)6-5-17(30)21(22)23(19)31/h3-4,6,17,25-30H,5,7-14H2,1-2H3. The Morgan fingerprint density at radius 3 is 2.12 bits per heavy atom. The fourth-order valence-electron chi connectivity index (χ4n) is 4.13. The number of benzene rings is 1. The maximum atomic E-state index is 13.7. The van der Waals surface area contributed by atoms with Gasteiger partial charge < -0.3 is 41.0 Å². The van der Waals surface area contributed by atoms with Gasteiger partial charge in [0.25, 0.3) is 0 Å². The average molecular weight is 475 g/mol. The van der Waals surface area contributed by atoms with Crippen LogP contribution in [-0.2, 0) is 9.47 Å². The summed E-state index contributed by atoms with van der Waals surface area (Å²) in [5, 5.41) is 32.3. The van der Waals surface area contributed by atoms with Crippen molar-refractivity contribution in [1.82, 2.24) is 10.6 Å². The number of carbonyl (C=O) groups excluding carboxylic acids is 2. The van der Waals surface area contributed by atoms with E-state index in [1.54, 1.807) is 25.3 Å². The summed E-state index contributed by atoms with van der Waals surface area (Å²) in [7, 11) is 3.09. The van der Waals surface area contributed by atoms with Gasteiger partial charge in [-0.05, 0) is 24.6 Å². The highest BCUT2D eigenvalue weighted by atomic mass is 16.5. The molecule has 34 heavy (non-hydrogen) atoms. The minimum atomic E-state index is -1.07. The predicted molar refractivity (Wildman–Crippen MR) is 130 cm³/mol. The molecule has 0 fully saturated rings. The van der Waals surface area contributed by atoms with E-state index in [1.165, 1.54) is 7.11 Å². The third-order valence-corrected chi connectivity index (χ3v) is 5.73. The number of hydrogen-bond donors (Lipinski definition) is 6. The van der Waals surface area contributed by atoms with Gasteiger partial charge in [-0.1, -0.05) is 0 Å². The summed E-state index contributed by atoms with van der Waals surface area (Å²) in [5.74, 6) is -0.427. The van der Waals surface area contributed by atoms with Crippen LogP contribution in [0.1, 0.15) is 27.1 Å². The van der Waals surface area contributed by atoms with E-state index in [4.69, 9.17) is 14.6 Å². The summed E-state index contributed by atoms with van der Waals surface area (Å²) in [5.41, 5.74) is 1.80. The van der Waals surface area contributed by atoms with E-state index in [0.29, 0.717) is 63.0 Å². The highest BCUT2D eigenvalue weighted by Gasteiger charge is 2.42. The molecule has 0 aromatic heterocycles. The van der Waals surface area contributed by atoms with Crippen molar-refractivity contribution in [1.29, 1.82) is 0 Å². The number of carbonyl (C=O) groups is 2. The normalized spacial score (nSPS) is 17.3. The third-order valence-electron chi connectivity index (χ3n) is 5.73. The number of anilines is 2. The number of Topliss-reactive ketones (excluding diaryl/α,β-unsaturated/α-hetero) is 2. The third kappa shape index (κ3) is 5.65. The van der Waals surface area contributed by atoms with Crippen molar-refractivity contribution < 1.29 is 29.3 Å². The zero-order valence-corrected chi connectivity index (χ0v) is 19.7. The summed E-state index contributed by atoms with van der Waals surface area (Å²) in [6.07, 6.45) is 0.774. The number of allylic oxidation sites excluding steroid dienone is 1. The highest BCUT2D eigenvalue weighted by Crippen LogP contribution is 2.41. The van der Waals surface area contributed by atoms with Gasteiger partial charge in [-0.2, -0.15) is 0 Å². The predicted octanol–water partition coefficient (Wildman–Crippen LogP) is 0.299. The van der Waals surface area contributed by atoms with E-state index < -0.39 is 6.10 Å². The molecule has 0 spiro atoms. The van der Waals surface area contributed by atoms with Crippen molar-refractivity contribution in [3.05, 3.63) is 46.2 Å². The van der Waals surface area contributed by atoms with Gasteiger partial charge in [-0.3, -0.25) is 9.59 Å². The van der Waals surface area contributed by atoms with Crippen molar-refractivity contribution in [3.8, 4) is 0 Å². The lowest BCUT2D eigenvalue weighted by molar-refractivity contribution is 0.0925. The van der Waals surface area contributed by atoms with Gasteiger partial charge in [0.15, 0.2) is 11.6 Å². The Morgan fingerprint density at radius 1 is 0.912 bits per heavy atom. The van der Waals surface area contributed by atoms with Crippen LogP contribution in [0.25, 0.3) is 0 Å². The van der Waals surface area contributed by atoms with Gasteiger partial charge in [0.05, 0.1) is 43.1 Å². The molecule has 0 aliphatic heterocycles. The quantitative estimate of drug-likeness (QED) is 0.209. The Bertz CT molecular complexity index is 959. The average Bonchev–Trinajstić information content (AvgIpc) is 2.84. The van der Waals surface area contributed by atoms with Gasteiger partial charge in [-0.15, -0.1) is 0 Å². The van der Waals surface area contributed by atoms with Crippen molar-refractivity contribution >= 4 is 22.9 Å². The van der Waals surface area contributed by atoms with Crippen LogP contribution in [0.2, 0.25) is 0 Å². The minimum absolute atomic E-state index is 0.0350. The molecule has 186 valence electrons. The van der Waals surface area contributed by atoms with Gasteiger partial charge in [0.1, 0.15) is 5.76 Å². The minimum Gasteiger partial charge on any atom is -0.496 e. The molecule has 2 aliphatic carbocycles. The van der Waals surface area contributed by atoms with Crippen LogP contribution in [0.4, 0.5) is 11.4 Å². The first-order valence-electron chi connectivity index (χ1n) is 11.5. The number of rotatable bonds is 14. The molecule has 6 N–H and O–H groups in total. The largest absolute Gasteiger partial charge is 0.496 e. The Balaban J connectivity index is 1.92. The van der Waals surface area contributed by atoms with E-state index in [2.05, 4.69) is 21.3 Å². The molecular weight excluding hydrogens is 440 g/mol. The number of fused-ring (bicyclic) bond motifs is 1. The molecular formula is C24H34N4O6. The van der Waals surface area contributed by atoms with Crippen LogP contribution in [0.15, 0.2) is 35.1 Å². The van der Waals surface area contributed by atoms with Crippen molar-refractivity contribution in [2.75, 3.05) is 77.3 Å². The molecule has 3 rings (SSSR count). The lowest BCUT2D eigenvalue weighted by Gasteiger charge is -2.30. The number of aliphatic hydroxyl groups is 2. The molecule has 0 bridgehead atoms. The molecule has 0 saturated carbocycles. The first kappa shape index (κ1) is 25.9. The first-order valence-corrected chi connectivity index (χ1v) is 11.5. The molecule has 1 aromatic rings. The summed E-state index contributed by atoms with van der Waals surface area (Å²) in [4.78, 5) is 27.3. The molecule has 0 saturated heterocycles. The van der Waals surface area contributed by atoms with Crippen LogP contribution in [0.3, 0.4) is 0 Å². The highest BCUT2D eigenvalue weighted by molar-refractivity contribution is 6.32. The van der Waals surface area contributed by atoms with Crippen LogP contribution in [-0.4, -0.2) is 94.6 Å². The molecule has 0 amide bonds. The van der Waals surface area contributed by atoms with Crippen LogP contribution >= 0.6 is 0 Å². The second-order valence-electron chi connectivity index (χ2n) is 7.95. The second-order valence-corrected chi connectivity index (χ2v) is 7.95. The van der Waals surface area contributed by atoms with E-state index in [9.17, 15) is 14.7 Å². The molecule has 0 radical (unpaired) electrons. The Morgan fingerprint density at radius 2 is 1.53 bits per heavy atom. The summed E-state index contributed by atoms with van der Waals surface area (Å²) < 4.78 is 10.4. The molecule has 1 atom stereocenters. The maximum absolute atomic E-state index is 13.7. The van der Waals surface area contributed by atoms with Gasteiger partial charge in [0, 0.05) is 63.3 Å². The molecule has 1 unspecified atom stereocenters. The molecule has 10 nitrogen and oxygen atoms in total. The Kier molecular flexibility index (Phi) is 9.61. The SMILES string of the molecule is COCCNCCNc1ccc(NCCNCCO)c2c1C(=O)C1=C(C2=O)C(O)CC=C1OC. The van der Waals surface area contributed by atoms with Crippen molar-refractivity contribution in [2.45, 2.75) is 12.5 Å². The summed E-state index contributed by atoms with van der Waals surface area (Å²) in [6, 6.07) is 3.55. The van der Waals surface area contributed by atoms with Crippen molar-refractivity contribution in [2.24, 2.45) is 0 Å². The monoisotopic (exact) mass is 474 g/mol. The lowest BCUT2D eigenvalue weighted by Crippen LogP contribution is -2.34. The number of methoxy groups -OCH3 is 2. The molecule has 1 aromatic carbocycles. The summed E-state index contributed by atoms with van der Waals surface area (Å²) >= 11 is 0. The lowest BCUT2D eigenvalue weighted by atomic mass is 9.76.